The van der Waals surface area contributed by atoms with Gasteiger partial charge in [0.05, 0.1) is 0 Å². The van der Waals surface area contributed by atoms with Crippen molar-refractivity contribution in [2.75, 3.05) is 13.2 Å². The van der Waals surface area contributed by atoms with Gasteiger partial charge in [-0.15, -0.1) is 0 Å². The van der Waals surface area contributed by atoms with Gasteiger partial charge >= 0.3 is 17.9 Å². The van der Waals surface area contributed by atoms with E-state index in [-0.39, 0.29) is 44.0 Å². The van der Waals surface area contributed by atoms with E-state index in [9.17, 15) is 14.4 Å². The van der Waals surface area contributed by atoms with Gasteiger partial charge in [0.25, 0.3) is 0 Å². The Hall–Kier alpha value is -5.75. The smallest absolute Gasteiger partial charge is 0.306 e. The Labute approximate surface area is 471 Å². The second-order valence-electron chi connectivity index (χ2n) is 18.8. The summed E-state index contributed by atoms with van der Waals surface area (Å²) in [6.07, 6.45) is 95.7. The number of allylic oxidation sites excluding steroid dienone is 32. The molecule has 0 aromatic rings. The summed E-state index contributed by atoms with van der Waals surface area (Å²) in [5.74, 6) is -1.06. The molecule has 0 aliphatic heterocycles. The molecule has 0 rings (SSSR count). The summed E-state index contributed by atoms with van der Waals surface area (Å²) in [6.45, 7) is 6.18. The normalized spacial score (nSPS) is 13.5. The number of hydrogen-bond acceptors (Lipinski definition) is 6. The molecule has 0 bridgehead atoms. The Bertz CT molecular complexity index is 1880. The third-order valence-electron chi connectivity index (χ3n) is 11.6. The SMILES string of the molecule is CC/C=C\C/C=C\C/C=C\C/C=C\C/C=C\C/C=C\CCCCC(=O)OCC(COC(=O)CCCCCC/C=C\C/C=C\C/C=C\C/C=C\CC)OC(=O)CCCC/C=C\C/C=C\C/C=C\C/C=C\C/C=C\C/C=C\CC. The van der Waals surface area contributed by atoms with E-state index >= 15 is 0 Å². The van der Waals surface area contributed by atoms with Crippen molar-refractivity contribution in [1.82, 2.24) is 0 Å². The number of carbonyl (C=O) groups excluding carboxylic acids is 3. The molecule has 0 radical (unpaired) electrons. The van der Waals surface area contributed by atoms with Gasteiger partial charge in [0.2, 0.25) is 0 Å². The average molecular weight is 1060 g/mol. The van der Waals surface area contributed by atoms with E-state index in [1.165, 1.54) is 0 Å². The molecule has 0 heterocycles. The maximum atomic E-state index is 12.9. The fraction of sp³-hybridized carbons (Fsp3) is 0.507. The lowest BCUT2D eigenvalue weighted by Gasteiger charge is -2.18. The minimum atomic E-state index is -0.844. The lowest BCUT2D eigenvalue weighted by Crippen LogP contribution is -2.30. The highest BCUT2D eigenvalue weighted by Gasteiger charge is 2.19. The highest BCUT2D eigenvalue weighted by atomic mass is 16.6. The van der Waals surface area contributed by atoms with Crippen molar-refractivity contribution in [3.63, 3.8) is 0 Å². The number of carbonyl (C=O) groups is 3. The first-order valence-electron chi connectivity index (χ1n) is 29.9. The molecule has 426 valence electrons. The van der Waals surface area contributed by atoms with E-state index in [1.54, 1.807) is 0 Å². The summed E-state index contributed by atoms with van der Waals surface area (Å²) < 4.78 is 16.8. The molecular weight excluding hydrogens is 949 g/mol. The first kappa shape index (κ1) is 71.2. The van der Waals surface area contributed by atoms with E-state index in [1.807, 2.05) is 0 Å². The van der Waals surface area contributed by atoms with Crippen molar-refractivity contribution in [3.05, 3.63) is 194 Å². The van der Waals surface area contributed by atoms with Crippen LogP contribution < -0.4 is 0 Å². The maximum Gasteiger partial charge on any atom is 0.306 e. The van der Waals surface area contributed by atoms with E-state index < -0.39 is 6.10 Å². The summed E-state index contributed by atoms with van der Waals surface area (Å²) in [7, 11) is 0. The molecular formula is C71H106O6. The van der Waals surface area contributed by atoms with Crippen molar-refractivity contribution < 1.29 is 28.6 Å². The topological polar surface area (TPSA) is 78.9 Å². The second-order valence-corrected chi connectivity index (χ2v) is 18.8. The van der Waals surface area contributed by atoms with Crippen LogP contribution in [0.3, 0.4) is 0 Å². The zero-order chi connectivity index (χ0) is 55.7. The van der Waals surface area contributed by atoms with Crippen LogP contribution in [-0.2, 0) is 28.6 Å². The van der Waals surface area contributed by atoms with Gasteiger partial charge in [0.15, 0.2) is 6.10 Å². The minimum absolute atomic E-state index is 0.134. The molecule has 0 aliphatic rings. The molecule has 0 saturated heterocycles. The van der Waals surface area contributed by atoms with E-state index in [4.69, 9.17) is 14.2 Å². The van der Waals surface area contributed by atoms with Crippen molar-refractivity contribution in [3.8, 4) is 0 Å². The predicted octanol–water partition coefficient (Wildman–Crippen LogP) is 20.6. The Morgan fingerprint density at radius 2 is 0.468 bits per heavy atom. The van der Waals surface area contributed by atoms with E-state index in [2.05, 4.69) is 215 Å². The van der Waals surface area contributed by atoms with Crippen LogP contribution in [0.4, 0.5) is 0 Å². The van der Waals surface area contributed by atoms with E-state index in [0.29, 0.717) is 19.3 Å². The molecule has 6 nitrogen and oxygen atoms in total. The van der Waals surface area contributed by atoms with Crippen LogP contribution in [0.1, 0.15) is 213 Å². The molecule has 0 spiro atoms. The molecule has 6 heteroatoms. The molecule has 1 unspecified atom stereocenters. The van der Waals surface area contributed by atoms with Gasteiger partial charge < -0.3 is 14.2 Å². The highest BCUT2D eigenvalue weighted by Crippen LogP contribution is 2.11. The van der Waals surface area contributed by atoms with Crippen LogP contribution in [0.25, 0.3) is 0 Å². The quantitative estimate of drug-likeness (QED) is 0.0261. The molecule has 77 heavy (non-hydrogen) atoms. The van der Waals surface area contributed by atoms with Gasteiger partial charge in [0.1, 0.15) is 13.2 Å². The zero-order valence-electron chi connectivity index (χ0n) is 48.6. The van der Waals surface area contributed by atoms with Gasteiger partial charge in [-0.05, 0) is 161 Å². The molecule has 1 atom stereocenters. The van der Waals surface area contributed by atoms with Gasteiger partial charge in [0, 0.05) is 19.3 Å². The number of unbranched alkanes of at least 4 members (excludes halogenated alkanes) is 8. The minimum Gasteiger partial charge on any atom is -0.462 e. The summed E-state index contributed by atoms with van der Waals surface area (Å²) >= 11 is 0. The Balaban J connectivity index is 4.65. The lowest BCUT2D eigenvalue weighted by atomic mass is 10.1. The second kappa shape index (κ2) is 62.8. The van der Waals surface area contributed by atoms with Crippen molar-refractivity contribution in [1.29, 1.82) is 0 Å². The third kappa shape index (κ3) is 61.0. The van der Waals surface area contributed by atoms with Gasteiger partial charge in [-0.2, -0.15) is 0 Å². The third-order valence-corrected chi connectivity index (χ3v) is 11.6. The number of hydrogen-bond donors (Lipinski definition) is 0. The molecule has 0 aliphatic carbocycles. The van der Waals surface area contributed by atoms with Crippen LogP contribution in [-0.4, -0.2) is 37.2 Å². The molecule has 0 saturated carbocycles. The number of ether oxygens (including phenoxy) is 3. The number of esters is 3. The van der Waals surface area contributed by atoms with Gasteiger partial charge in [-0.25, -0.2) is 0 Å². The standard InChI is InChI=1S/C71H106O6/c1-4-7-10-13-16-19-22-25-28-31-33-35-37-40-43-46-49-52-55-58-61-64-70(73)76-67-68(66-75-69(72)63-60-57-54-51-48-45-42-39-30-27-24-21-18-15-12-9-6-3)77-71(74)65-62-59-56-53-50-47-44-41-38-36-34-32-29-26-23-20-17-14-11-8-5-2/h7-12,16-21,25-30,33-36,40-45,49-50,52-53,68H,4-6,13-15,22-24,31-32,37-39,46-48,51,54-67H2,1-3H3/b10-7-,11-8-,12-9-,19-16-,20-17-,21-18-,28-25-,29-26-,30-27-,35-33-,36-34-,43-40-,44-41-,45-42-,52-49-,53-50-. The Morgan fingerprint density at radius 1 is 0.260 bits per heavy atom. The zero-order valence-corrected chi connectivity index (χ0v) is 48.6. The lowest BCUT2D eigenvalue weighted by molar-refractivity contribution is -0.167. The van der Waals surface area contributed by atoms with Crippen LogP contribution in [0.2, 0.25) is 0 Å². The van der Waals surface area contributed by atoms with Crippen molar-refractivity contribution >= 4 is 17.9 Å². The summed E-state index contributed by atoms with van der Waals surface area (Å²) in [5, 5.41) is 0. The average Bonchev–Trinajstić information content (AvgIpc) is 3.43. The van der Waals surface area contributed by atoms with Crippen LogP contribution in [0.5, 0.6) is 0 Å². The number of rotatable bonds is 51. The first-order chi connectivity index (χ1) is 38.0. The monoisotopic (exact) mass is 1050 g/mol. The van der Waals surface area contributed by atoms with Gasteiger partial charge in [-0.3, -0.25) is 14.4 Å². The molecule has 0 fully saturated rings. The summed E-state index contributed by atoms with van der Waals surface area (Å²) in [6, 6.07) is 0. The highest BCUT2D eigenvalue weighted by molar-refractivity contribution is 5.71. The first-order valence-corrected chi connectivity index (χ1v) is 29.9. The predicted molar refractivity (Wildman–Crippen MR) is 334 cm³/mol. The van der Waals surface area contributed by atoms with Crippen LogP contribution >= 0.6 is 0 Å². The largest absolute Gasteiger partial charge is 0.462 e. The fourth-order valence-electron chi connectivity index (χ4n) is 7.20. The van der Waals surface area contributed by atoms with Crippen molar-refractivity contribution in [2.24, 2.45) is 0 Å². The molecule has 0 N–H and O–H groups in total. The van der Waals surface area contributed by atoms with E-state index in [0.717, 1.165) is 161 Å². The molecule has 0 amide bonds. The summed E-state index contributed by atoms with van der Waals surface area (Å²) in [4.78, 5) is 38.3. The van der Waals surface area contributed by atoms with Crippen molar-refractivity contribution in [2.45, 2.75) is 219 Å². The maximum absolute atomic E-state index is 12.9. The molecule has 0 aromatic carbocycles. The Morgan fingerprint density at radius 3 is 0.740 bits per heavy atom. The molecule has 0 aromatic heterocycles. The van der Waals surface area contributed by atoms with Crippen LogP contribution in [0.15, 0.2) is 194 Å². The summed E-state index contributed by atoms with van der Waals surface area (Å²) in [5.41, 5.74) is 0. The Kier molecular flexibility index (Phi) is 58.1. The van der Waals surface area contributed by atoms with Crippen LogP contribution in [0, 0.1) is 0 Å². The fourth-order valence-corrected chi connectivity index (χ4v) is 7.20. The van der Waals surface area contributed by atoms with Gasteiger partial charge in [-0.1, -0.05) is 228 Å².